The molecule has 1 aromatic heterocycles. The van der Waals surface area contributed by atoms with Gasteiger partial charge in [0.15, 0.2) is 5.03 Å². The van der Waals surface area contributed by atoms with Crippen LogP contribution in [0, 0.1) is 12.8 Å². The monoisotopic (exact) mass is 328 g/mol. The molecule has 1 fully saturated rings. The number of hydrogen-bond acceptors (Lipinski definition) is 4. The van der Waals surface area contributed by atoms with Crippen LogP contribution in [-0.2, 0) is 21.9 Å². The predicted molar refractivity (Wildman–Crippen MR) is 82.7 cm³/mol. The molecular weight excluding hydrogens is 304 g/mol. The molecule has 1 aliphatic heterocycles. The highest BCUT2D eigenvalue weighted by molar-refractivity contribution is 7.89. The van der Waals surface area contributed by atoms with Crippen molar-refractivity contribution in [1.82, 2.24) is 19.2 Å². The van der Waals surface area contributed by atoms with Crippen molar-refractivity contribution >= 4 is 15.9 Å². The summed E-state index contributed by atoms with van der Waals surface area (Å²) in [5.74, 6) is 1.15. The van der Waals surface area contributed by atoms with Gasteiger partial charge in [-0.3, -0.25) is 4.79 Å². The fourth-order valence-electron chi connectivity index (χ4n) is 2.60. The van der Waals surface area contributed by atoms with Gasteiger partial charge in [-0.2, -0.15) is 0 Å². The van der Waals surface area contributed by atoms with E-state index in [0.29, 0.717) is 11.7 Å². The summed E-state index contributed by atoms with van der Waals surface area (Å²) in [6.45, 7) is 5.51. The largest absolute Gasteiger partial charge is 0.342 e. The Hall–Kier alpha value is -1.41. The van der Waals surface area contributed by atoms with Crippen molar-refractivity contribution in [2.45, 2.75) is 38.1 Å². The number of rotatable bonds is 5. The average molecular weight is 328 g/mol. The highest BCUT2D eigenvalue weighted by atomic mass is 32.2. The standard InChI is InChI=1S/C14H24N4O3S/c1-11-5-4-8-18(9-11)14(19)6-7-15-22(20,21)13-10-17(3)12(2)16-13/h10-11,15H,4-9H2,1-3H3/t11-/m1/s1. The molecule has 7 nitrogen and oxygen atoms in total. The summed E-state index contributed by atoms with van der Waals surface area (Å²) >= 11 is 0. The van der Waals surface area contributed by atoms with Crippen molar-refractivity contribution in [1.29, 1.82) is 0 Å². The third-order valence-corrected chi connectivity index (χ3v) is 5.33. The van der Waals surface area contributed by atoms with Crippen molar-refractivity contribution in [2.75, 3.05) is 19.6 Å². The molecule has 0 unspecified atom stereocenters. The molecule has 1 aliphatic rings. The van der Waals surface area contributed by atoms with Gasteiger partial charge in [0.05, 0.1) is 0 Å². The van der Waals surface area contributed by atoms with Gasteiger partial charge in [0.25, 0.3) is 10.0 Å². The number of piperidine rings is 1. The van der Waals surface area contributed by atoms with E-state index >= 15 is 0 Å². The number of aromatic nitrogens is 2. The Bertz CT molecular complexity index is 619. The van der Waals surface area contributed by atoms with E-state index in [2.05, 4.69) is 16.6 Å². The Kier molecular flexibility index (Phi) is 5.23. The summed E-state index contributed by atoms with van der Waals surface area (Å²) in [5, 5.41) is -0.00783. The molecule has 8 heteroatoms. The molecule has 2 heterocycles. The highest BCUT2D eigenvalue weighted by Gasteiger charge is 2.22. The molecule has 0 saturated carbocycles. The van der Waals surface area contributed by atoms with E-state index in [1.165, 1.54) is 6.20 Å². The Morgan fingerprint density at radius 3 is 2.82 bits per heavy atom. The molecule has 0 aliphatic carbocycles. The molecule has 22 heavy (non-hydrogen) atoms. The molecule has 0 bridgehead atoms. The maximum Gasteiger partial charge on any atom is 0.259 e. The Morgan fingerprint density at radius 2 is 2.23 bits per heavy atom. The molecule has 1 atom stereocenters. The number of hydrogen-bond donors (Lipinski definition) is 1. The van der Waals surface area contributed by atoms with Gasteiger partial charge in [-0.25, -0.2) is 18.1 Å². The van der Waals surface area contributed by atoms with Gasteiger partial charge in [0.2, 0.25) is 5.91 Å². The molecule has 1 saturated heterocycles. The van der Waals surface area contributed by atoms with Crippen molar-refractivity contribution in [3.05, 3.63) is 12.0 Å². The first-order valence-corrected chi connectivity index (χ1v) is 9.05. The Labute approximate surface area is 131 Å². The van der Waals surface area contributed by atoms with Gasteiger partial charge >= 0.3 is 0 Å². The Morgan fingerprint density at radius 1 is 1.50 bits per heavy atom. The van der Waals surface area contributed by atoms with E-state index in [1.54, 1.807) is 18.5 Å². The van der Waals surface area contributed by atoms with Crippen LogP contribution in [0.3, 0.4) is 0 Å². The normalized spacial score (nSPS) is 19.4. The molecule has 0 aromatic carbocycles. The molecule has 1 N–H and O–H groups in total. The third kappa shape index (κ3) is 4.07. The minimum Gasteiger partial charge on any atom is -0.342 e. The second kappa shape index (κ2) is 6.78. The van der Waals surface area contributed by atoms with Gasteiger partial charge in [0.1, 0.15) is 5.82 Å². The van der Waals surface area contributed by atoms with E-state index in [4.69, 9.17) is 0 Å². The molecule has 0 radical (unpaired) electrons. The van der Waals surface area contributed by atoms with Crippen molar-refractivity contribution in [3.8, 4) is 0 Å². The zero-order valence-corrected chi connectivity index (χ0v) is 14.2. The van der Waals surface area contributed by atoms with Crippen molar-refractivity contribution in [2.24, 2.45) is 13.0 Å². The molecular formula is C14H24N4O3S. The van der Waals surface area contributed by atoms with Crippen LogP contribution in [0.15, 0.2) is 11.2 Å². The van der Waals surface area contributed by atoms with Crippen LogP contribution in [0.2, 0.25) is 0 Å². The average Bonchev–Trinajstić information content (AvgIpc) is 2.79. The smallest absolute Gasteiger partial charge is 0.259 e. The lowest BCUT2D eigenvalue weighted by molar-refractivity contribution is -0.132. The van der Waals surface area contributed by atoms with Gasteiger partial charge in [-0.1, -0.05) is 6.92 Å². The fourth-order valence-corrected chi connectivity index (χ4v) is 3.66. The number of carbonyl (C=O) groups excluding carboxylic acids is 1. The molecule has 2 rings (SSSR count). The summed E-state index contributed by atoms with van der Waals surface area (Å²) in [6.07, 6.45) is 3.81. The number of imidazole rings is 1. The summed E-state index contributed by atoms with van der Waals surface area (Å²) < 4.78 is 28.3. The number of aryl methyl sites for hydroxylation is 2. The second-order valence-electron chi connectivity index (χ2n) is 5.97. The second-order valence-corrected chi connectivity index (χ2v) is 7.69. The van der Waals surface area contributed by atoms with Crippen LogP contribution in [0.4, 0.5) is 0 Å². The highest BCUT2D eigenvalue weighted by Crippen LogP contribution is 2.16. The van der Waals surface area contributed by atoms with Crippen molar-refractivity contribution in [3.63, 3.8) is 0 Å². The maximum absolute atomic E-state index is 12.1. The van der Waals surface area contributed by atoms with Crippen LogP contribution in [0.25, 0.3) is 0 Å². The van der Waals surface area contributed by atoms with Crippen LogP contribution in [0.5, 0.6) is 0 Å². The van der Waals surface area contributed by atoms with Gasteiger partial charge in [0, 0.05) is 39.3 Å². The minimum atomic E-state index is -3.65. The van der Waals surface area contributed by atoms with E-state index < -0.39 is 10.0 Å². The lowest BCUT2D eigenvalue weighted by atomic mass is 10.0. The number of nitrogens with one attached hydrogen (secondary N) is 1. The topological polar surface area (TPSA) is 84.3 Å². The summed E-state index contributed by atoms with van der Waals surface area (Å²) in [7, 11) is -1.91. The SMILES string of the molecule is Cc1nc(S(=O)(=O)NCCC(=O)N2CCC[C@@H](C)C2)cn1C. The van der Waals surface area contributed by atoms with E-state index in [0.717, 1.165) is 25.9 Å². The summed E-state index contributed by atoms with van der Waals surface area (Å²) in [6, 6.07) is 0. The lowest BCUT2D eigenvalue weighted by Crippen LogP contribution is -2.40. The predicted octanol–water partition coefficient (Wildman–Crippen LogP) is 0.655. The number of amides is 1. The third-order valence-electron chi connectivity index (χ3n) is 4.00. The van der Waals surface area contributed by atoms with E-state index in [1.807, 2.05) is 4.90 Å². The molecule has 124 valence electrons. The quantitative estimate of drug-likeness (QED) is 0.860. The fraction of sp³-hybridized carbons (Fsp3) is 0.714. The van der Waals surface area contributed by atoms with Gasteiger partial charge in [-0.05, 0) is 25.7 Å². The van der Waals surface area contributed by atoms with Crippen LogP contribution in [-0.4, -0.2) is 48.4 Å². The maximum atomic E-state index is 12.1. The van der Waals surface area contributed by atoms with E-state index in [9.17, 15) is 13.2 Å². The van der Waals surface area contributed by atoms with Gasteiger partial charge < -0.3 is 9.47 Å². The first kappa shape index (κ1) is 17.0. The molecule has 1 amide bonds. The molecule has 0 spiro atoms. The van der Waals surface area contributed by atoms with E-state index in [-0.39, 0.29) is 23.9 Å². The van der Waals surface area contributed by atoms with Gasteiger partial charge in [-0.15, -0.1) is 0 Å². The zero-order valence-electron chi connectivity index (χ0n) is 13.4. The number of likely N-dealkylation sites (tertiary alicyclic amines) is 1. The lowest BCUT2D eigenvalue weighted by Gasteiger charge is -2.31. The summed E-state index contributed by atoms with van der Waals surface area (Å²) in [5.41, 5.74) is 0. The van der Waals surface area contributed by atoms with Crippen LogP contribution >= 0.6 is 0 Å². The number of carbonyl (C=O) groups is 1. The summed E-state index contributed by atoms with van der Waals surface area (Å²) in [4.78, 5) is 17.9. The number of nitrogens with zero attached hydrogens (tertiary/aromatic N) is 3. The first-order chi connectivity index (χ1) is 10.3. The Balaban J connectivity index is 1.86. The molecule has 1 aromatic rings. The van der Waals surface area contributed by atoms with Crippen molar-refractivity contribution < 1.29 is 13.2 Å². The first-order valence-electron chi connectivity index (χ1n) is 7.57. The van der Waals surface area contributed by atoms with Crippen LogP contribution < -0.4 is 4.72 Å². The van der Waals surface area contributed by atoms with Crippen LogP contribution in [0.1, 0.15) is 32.0 Å². The minimum absolute atomic E-state index is 0.00597. The number of sulfonamides is 1. The zero-order chi connectivity index (χ0) is 16.3.